The second-order valence-electron chi connectivity index (χ2n) is 6.91. The van der Waals surface area contributed by atoms with Crippen molar-refractivity contribution in [2.24, 2.45) is 0 Å². The maximum Gasteiger partial charge on any atom is 0.341 e. The summed E-state index contributed by atoms with van der Waals surface area (Å²) >= 11 is 0. The molecular weight excluding hydrogens is 376 g/mol. The van der Waals surface area contributed by atoms with Gasteiger partial charge in [0.25, 0.3) is 5.91 Å². The summed E-state index contributed by atoms with van der Waals surface area (Å²) in [4.78, 5) is 11.4. The fourth-order valence-electron chi connectivity index (χ4n) is 2.30. The molecule has 0 saturated carbocycles. The van der Waals surface area contributed by atoms with E-state index >= 15 is 0 Å². The van der Waals surface area contributed by atoms with Crippen molar-refractivity contribution in [1.82, 2.24) is 0 Å². The quantitative estimate of drug-likeness (QED) is 0.800. The molecule has 146 valence electrons. The van der Waals surface area contributed by atoms with E-state index in [9.17, 15) is 22.0 Å². The molecule has 0 saturated heterocycles. The molecule has 27 heavy (non-hydrogen) atoms. The molecule has 0 heterocycles. The summed E-state index contributed by atoms with van der Waals surface area (Å²) in [5, 5.41) is 2.30. The molecule has 0 bridgehead atoms. The molecule has 0 fully saturated rings. The van der Waals surface area contributed by atoms with E-state index in [0.717, 1.165) is 11.6 Å². The van der Waals surface area contributed by atoms with Crippen molar-refractivity contribution in [3.05, 3.63) is 54.1 Å². The number of para-hydroxylation sites is 1. The Hall–Kier alpha value is -2.48. The summed E-state index contributed by atoms with van der Waals surface area (Å²) in [5.74, 6) is -3.77. The Balaban J connectivity index is 2.05. The zero-order valence-corrected chi connectivity index (χ0v) is 16.0. The number of carbonyl (C=O) groups is 1. The molecule has 1 N–H and O–H groups in total. The summed E-state index contributed by atoms with van der Waals surface area (Å²) in [7, 11) is -4.83. The van der Waals surface area contributed by atoms with E-state index in [0.29, 0.717) is 5.75 Å². The Kier molecular flexibility index (Phi) is 6.20. The number of halogens is 2. The molecule has 0 aliphatic carbocycles. The molecule has 2 rings (SSSR count). The van der Waals surface area contributed by atoms with Gasteiger partial charge in [0, 0.05) is 0 Å². The predicted octanol–water partition coefficient (Wildman–Crippen LogP) is 4.00. The highest BCUT2D eigenvalue weighted by molar-refractivity contribution is 7.91. The first-order valence-corrected chi connectivity index (χ1v) is 9.71. The zero-order valence-electron chi connectivity index (χ0n) is 15.2. The van der Waals surface area contributed by atoms with Crippen molar-refractivity contribution in [1.29, 1.82) is 0 Å². The third-order valence-corrected chi connectivity index (χ3v) is 5.23. The predicted molar refractivity (Wildman–Crippen MR) is 98.9 cm³/mol. The normalized spacial score (nSPS) is 12.1. The number of nitrogens with one attached hydrogen (secondary N) is 1. The average Bonchev–Trinajstić information content (AvgIpc) is 2.60. The highest BCUT2D eigenvalue weighted by atomic mass is 32.2. The number of amides is 1. The topological polar surface area (TPSA) is 72.5 Å². The van der Waals surface area contributed by atoms with Crippen LogP contribution in [0.3, 0.4) is 0 Å². The van der Waals surface area contributed by atoms with E-state index in [1.165, 1.54) is 18.2 Å². The van der Waals surface area contributed by atoms with E-state index in [4.69, 9.17) is 4.74 Å². The van der Waals surface area contributed by atoms with Crippen molar-refractivity contribution in [3.8, 4) is 5.75 Å². The molecule has 0 unspecified atom stereocenters. The highest BCUT2D eigenvalue weighted by Gasteiger charge is 2.29. The van der Waals surface area contributed by atoms with Gasteiger partial charge in [-0.3, -0.25) is 4.79 Å². The summed E-state index contributed by atoms with van der Waals surface area (Å²) in [6, 6.07) is 12.2. The van der Waals surface area contributed by atoms with Gasteiger partial charge < -0.3 is 10.1 Å². The number of hydrogen-bond donors (Lipinski definition) is 1. The van der Waals surface area contributed by atoms with E-state index in [2.05, 4.69) is 26.1 Å². The number of benzene rings is 2. The maximum atomic E-state index is 12.8. The molecule has 5 nitrogen and oxygen atoms in total. The first-order valence-electron chi connectivity index (χ1n) is 8.16. The van der Waals surface area contributed by atoms with Crippen LogP contribution in [0.25, 0.3) is 0 Å². The first-order chi connectivity index (χ1) is 12.5. The van der Waals surface area contributed by atoms with E-state index < -0.39 is 33.0 Å². The van der Waals surface area contributed by atoms with Gasteiger partial charge in [-0.2, -0.15) is 8.78 Å². The maximum absolute atomic E-state index is 12.8. The lowest BCUT2D eigenvalue weighted by atomic mass is 9.87. The Labute approximate surface area is 157 Å². The number of ether oxygens (including phenoxy) is 1. The molecular formula is C19H21F2NO4S. The van der Waals surface area contributed by atoms with Crippen LogP contribution < -0.4 is 10.1 Å². The second kappa shape index (κ2) is 8.04. The van der Waals surface area contributed by atoms with Gasteiger partial charge in [0.2, 0.25) is 9.84 Å². The van der Waals surface area contributed by atoms with Crippen LogP contribution in [0.1, 0.15) is 26.3 Å². The van der Waals surface area contributed by atoms with Crippen LogP contribution in [0, 0.1) is 0 Å². The second-order valence-corrected chi connectivity index (χ2v) is 8.80. The number of anilines is 1. The van der Waals surface area contributed by atoms with E-state index in [1.807, 2.05) is 12.1 Å². The number of hydrogen-bond acceptors (Lipinski definition) is 4. The van der Waals surface area contributed by atoms with E-state index in [1.54, 1.807) is 12.1 Å². The molecule has 2 aromatic rings. The molecule has 0 atom stereocenters. The van der Waals surface area contributed by atoms with Crippen molar-refractivity contribution in [2.45, 2.75) is 36.8 Å². The largest absolute Gasteiger partial charge is 0.484 e. The number of alkyl halides is 2. The van der Waals surface area contributed by atoms with Gasteiger partial charge >= 0.3 is 5.76 Å². The lowest BCUT2D eigenvalue weighted by molar-refractivity contribution is -0.118. The molecule has 0 aromatic heterocycles. The van der Waals surface area contributed by atoms with Crippen LogP contribution in [-0.2, 0) is 20.0 Å². The summed E-state index contributed by atoms with van der Waals surface area (Å²) in [6.45, 7) is 5.82. The zero-order chi connectivity index (χ0) is 20.2. The Morgan fingerprint density at radius 1 is 1.07 bits per heavy atom. The average molecular weight is 397 g/mol. The SMILES string of the molecule is CC(C)(C)c1ccc(OCC(=O)Nc2ccccc2S(=O)(=O)C(F)F)cc1. The van der Waals surface area contributed by atoms with Gasteiger partial charge in [-0.05, 0) is 35.2 Å². The Morgan fingerprint density at radius 3 is 2.22 bits per heavy atom. The third-order valence-electron chi connectivity index (χ3n) is 3.79. The van der Waals surface area contributed by atoms with Gasteiger partial charge in [-0.25, -0.2) is 8.42 Å². The van der Waals surface area contributed by atoms with Crippen LogP contribution in [0.5, 0.6) is 5.75 Å². The molecule has 8 heteroatoms. The lowest BCUT2D eigenvalue weighted by Gasteiger charge is -2.19. The molecule has 0 aliphatic rings. The van der Waals surface area contributed by atoms with Crippen LogP contribution in [0.4, 0.5) is 14.5 Å². The molecule has 2 aromatic carbocycles. The van der Waals surface area contributed by atoms with E-state index in [-0.39, 0.29) is 11.1 Å². The highest BCUT2D eigenvalue weighted by Crippen LogP contribution is 2.26. The summed E-state index contributed by atoms with van der Waals surface area (Å²) < 4.78 is 54.3. The van der Waals surface area contributed by atoms with Crippen molar-refractivity contribution < 1.29 is 26.7 Å². The third kappa shape index (κ3) is 5.26. The van der Waals surface area contributed by atoms with Crippen molar-refractivity contribution >= 4 is 21.4 Å². The monoisotopic (exact) mass is 397 g/mol. The molecule has 0 aliphatic heterocycles. The molecule has 1 amide bonds. The van der Waals surface area contributed by atoms with Crippen molar-refractivity contribution in [3.63, 3.8) is 0 Å². The first kappa shape index (κ1) is 20.8. The van der Waals surface area contributed by atoms with Crippen molar-refractivity contribution in [2.75, 3.05) is 11.9 Å². The molecule has 0 spiro atoms. The fourth-order valence-corrected chi connectivity index (χ4v) is 3.19. The Morgan fingerprint density at radius 2 is 1.67 bits per heavy atom. The minimum Gasteiger partial charge on any atom is -0.484 e. The standard InChI is InChI=1S/C19H21F2NO4S/c1-19(2,3)13-8-10-14(11-9-13)26-12-17(23)22-15-6-4-5-7-16(15)27(24,25)18(20)21/h4-11,18H,12H2,1-3H3,(H,22,23). The van der Waals surface area contributed by atoms with Gasteiger partial charge in [-0.1, -0.05) is 45.0 Å². The van der Waals surface area contributed by atoms with Crippen LogP contribution in [-0.4, -0.2) is 26.7 Å². The smallest absolute Gasteiger partial charge is 0.341 e. The van der Waals surface area contributed by atoms with Crippen LogP contribution >= 0.6 is 0 Å². The number of carbonyl (C=O) groups excluding carboxylic acids is 1. The van der Waals surface area contributed by atoms with Gasteiger partial charge in [-0.15, -0.1) is 0 Å². The minimum absolute atomic E-state index is 0.0180. The lowest BCUT2D eigenvalue weighted by Crippen LogP contribution is -2.22. The van der Waals surface area contributed by atoms with Crippen LogP contribution in [0.2, 0.25) is 0 Å². The van der Waals surface area contributed by atoms with Gasteiger partial charge in [0.05, 0.1) is 10.6 Å². The van der Waals surface area contributed by atoms with Crippen LogP contribution in [0.15, 0.2) is 53.4 Å². The van der Waals surface area contributed by atoms with Gasteiger partial charge in [0.1, 0.15) is 5.75 Å². The Bertz CT molecular complexity index is 904. The fraction of sp³-hybridized carbons (Fsp3) is 0.316. The number of sulfone groups is 1. The van der Waals surface area contributed by atoms with Gasteiger partial charge in [0.15, 0.2) is 6.61 Å². The summed E-state index contributed by atoms with van der Waals surface area (Å²) in [6.07, 6.45) is 0. The summed E-state index contributed by atoms with van der Waals surface area (Å²) in [5.41, 5.74) is 0.871. The minimum atomic E-state index is -4.83. The number of rotatable bonds is 6. The molecule has 0 radical (unpaired) electrons.